The molecule has 0 saturated heterocycles. The average Bonchev–Trinajstić information content (AvgIpc) is 4.01. The zero-order valence-corrected chi connectivity index (χ0v) is 36.3. The normalized spacial score (nSPS) is 13.9. The van der Waals surface area contributed by atoms with E-state index in [2.05, 4.69) is 190 Å². The van der Waals surface area contributed by atoms with E-state index in [0.29, 0.717) is 0 Å². The molecule has 0 bridgehead atoms. The number of thiophene rings is 1. The average molecular weight is 817 g/mol. The van der Waals surface area contributed by atoms with E-state index in [1.807, 2.05) is 11.3 Å². The van der Waals surface area contributed by atoms with Crippen LogP contribution in [-0.2, 0) is 10.8 Å². The Kier molecular flexibility index (Phi) is 6.52. The minimum atomic E-state index is -0.102. The molecule has 14 rings (SSSR count). The van der Waals surface area contributed by atoms with Gasteiger partial charge >= 0.3 is 6.85 Å². The molecule has 8 aromatic carbocycles. The Balaban J connectivity index is 1.15. The second-order valence-electron chi connectivity index (χ2n) is 19.7. The first-order valence-corrected chi connectivity index (χ1v) is 22.6. The third-order valence-corrected chi connectivity index (χ3v) is 15.2. The molecule has 4 aromatic heterocycles. The van der Waals surface area contributed by atoms with Crippen molar-refractivity contribution in [2.24, 2.45) is 0 Å². The largest absolute Gasteiger partial charge is 0.456 e. The van der Waals surface area contributed by atoms with Crippen molar-refractivity contribution >= 4 is 126 Å². The number of hydrogen-bond donors (Lipinski definition) is 0. The Morgan fingerprint density at radius 3 is 1.95 bits per heavy atom. The minimum Gasteiger partial charge on any atom is -0.456 e. The summed E-state index contributed by atoms with van der Waals surface area (Å²) in [6, 6.07) is 52.6. The van der Waals surface area contributed by atoms with Gasteiger partial charge in [-0.3, -0.25) is 0 Å². The van der Waals surface area contributed by atoms with Crippen molar-refractivity contribution in [2.45, 2.75) is 52.4 Å². The first kappa shape index (κ1) is 34.9. The van der Waals surface area contributed by atoms with Gasteiger partial charge in [-0.05, 0) is 105 Å². The van der Waals surface area contributed by atoms with E-state index in [1.54, 1.807) is 0 Å². The molecule has 0 N–H and O–H groups in total. The standard InChI is InChI=1S/C56H41BN2O2S/c1-55(2,3)30-15-18-32(19-16-30)59-45-25-41-34-20-17-31(56(4,5)6)23-48(34)61-50(41)27-38(45)36-21-22-37-39-28-49-40(33-11-7-9-13-47(33)60-49)24-44(39)58-46-26-42-35-12-8-10-14-51(35)62-52(42)29-43(46)57(59)53(36)54(37)58/h7-29H,1-6H3. The number of fused-ring (bicyclic) bond motifs is 17. The lowest BCUT2D eigenvalue weighted by Crippen LogP contribution is -2.60. The Morgan fingerprint density at radius 2 is 1.13 bits per heavy atom. The van der Waals surface area contributed by atoms with Crippen LogP contribution in [-0.4, -0.2) is 11.4 Å². The number of nitrogens with zero attached hydrogens (tertiary/aromatic N) is 2. The maximum Gasteiger partial charge on any atom is 0.333 e. The quantitative estimate of drug-likeness (QED) is 0.155. The van der Waals surface area contributed by atoms with Crippen LogP contribution in [0, 0.1) is 0 Å². The van der Waals surface area contributed by atoms with E-state index in [0.717, 1.165) is 43.9 Å². The molecule has 0 saturated carbocycles. The van der Waals surface area contributed by atoms with Gasteiger partial charge < -0.3 is 18.2 Å². The molecular weight excluding hydrogens is 776 g/mol. The lowest BCUT2D eigenvalue weighted by Gasteiger charge is -2.42. The lowest BCUT2D eigenvalue weighted by atomic mass is 9.44. The Hall–Kier alpha value is -6.76. The monoisotopic (exact) mass is 816 g/mol. The van der Waals surface area contributed by atoms with Crippen molar-refractivity contribution in [1.29, 1.82) is 0 Å². The van der Waals surface area contributed by atoms with Crippen molar-refractivity contribution in [2.75, 3.05) is 4.81 Å². The summed E-state index contributed by atoms with van der Waals surface area (Å²) in [6.45, 7) is 13.6. The summed E-state index contributed by atoms with van der Waals surface area (Å²) in [4.78, 5) is 2.64. The van der Waals surface area contributed by atoms with Gasteiger partial charge in [-0.15, -0.1) is 11.3 Å². The summed E-state index contributed by atoms with van der Waals surface area (Å²) >= 11 is 1.90. The second-order valence-corrected chi connectivity index (χ2v) is 20.8. The molecule has 296 valence electrons. The highest BCUT2D eigenvalue weighted by atomic mass is 32.1. The molecule has 2 aliphatic rings. The lowest BCUT2D eigenvalue weighted by molar-refractivity contribution is 0.587. The number of aromatic nitrogens is 1. The SMILES string of the molecule is CC(C)(C)c1ccc(N2B3c4cc5sc6ccccc6c5cc4-n4c5cc6c(cc5c5ccc(c3c54)-c3cc4oc5cc(C(C)(C)C)ccc5c4cc32)oc2ccccc26)cc1. The molecule has 12 aromatic rings. The summed E-state index contributed by atoms with van der Waals surface area (Å²) < 4.78 is 18.6. The summed E-state index contributed by atoms with van der Waals surface area (Å²) in [6.07, 6.45) is 0. The zero-order chi connectivity index (χ0) is 41.6. The third kappa shape index (κ3) is 4.52. The first-order chi connectivity index (χ1) is 30.0. The number of furan rings is 2. The Bertz CT molecular complexity index is 3960. The summed E-state index contributed by atoms with van der Waals surface area (Å²) in [5, 5.41) is 9.60. The van der Waals surface area contributed by atoms with Crippen LogP contribution < -0.4 is 15.7 Å². The molecule has 0 spiro atoms. The predicted molar refractivity (Wildman–Crippen MR) is 265 cm³/mol. The van der Waals surface area contributed by atoms with E-state index < -0.39 is 0 Å². The summed E-state index contributed by atoms with van der Waals surface area (Å²) in [5.74, 6) is 0. The zero-order valence-electron chi connectivity index (χ0n) is 35.5. The van der Waals surface area contributed by atoms with E-state index >= 15 is 0 Å². The maximum atomic E-state index is 6.83. The van der Waals surface area contributed by atoms with Gasteiger partial charge in [-0.25, -0.2) is 0 Å². The van der Waals surface area contributed by atoms with Crippen LogP contribution in [0.15, 0.2) is 148 Å². The molecule has 0 radical (unpaired) electrons. The molecule has 0 amide bonds. The fourth-order valence-electron chi connectivity index (χ4n) is 11.0. The van der Waals surface area contributed by atoms with Crippen LogP contribution in [0.25, 0.3) is 103 Å². The second kappa shape index (κ2) is 11.6. The van der Waals surface area contributed by atoms with Gasteiger partial charge in [0.25, 0.3) is 0 Å². The first-order valence-electron chi connectivity index (χ1n) is 21.8. The molecule has 6 heteroatoms. The van der Waals surface area contributed by atoms with Crippen LogP contribution in [0.1, 0.15) is 52.7 Å². The van der Waals surface area contributed by atoms with Gasteiger partial charge in [0, 0.05) is 75.1 Å². The fraction of sp³-hybridized carbons (Fsp3) is 0.143. The molecule has 62 heavy (non-hydrogen) atoms. The Labute approximate surface area is 362 Å². The van der Waals surface area contributed by atoms with Crippen molar-refractivity contribution in [1.82, 2.24) is 4.57 Å². The predicted octanol–water partition coefficient (Wildman–Crippen LogP) is 14.8. The van der Waals surface area contributed by atoms with Gasteiger partial charge in [-0.2, -0.15) is 0 Å². The number of para-hydroxylation sites is 1. The summed E-state index contributed by atoms with van der Waals surface area (Å²) in [5.41, 5.74) is 17.4. The molecule has 6 heterocycles. The smallest absolute Gasteiger partial charge is 0.333 e. The van der Waals surface area contributed by atoms with Crippen LogP contribution in [0.3, 0.4) is 0 Å². The number of hydrogen-bond acceptors (Lipinski definition) is 4. The molecule has 0 fully saturated rings. The Morgan fingerprint density at radius 1 is 0.468 bits per heavy atom. The van der Waals surface area contributed by atoms with Crippen LogP contribution >= 0.6 is 11.3 Å². The third-order valence-electron chi connectivity index (χ3n) is 14.1. The van der Waals surface area contributed by atoms with Gasteiger partial charge in [0.05, 0.1) is 11.0 Å². The van der Waals surface area contributed by atoms with E-state index in [-0.39, 0.29) is 17.7 Å². The van der Waals surface area contributed by atoms with Crippen LogP contribution in [0.5, 0.6) is 0 Å². The highest BCUT2D eigenvalue weighted by Gasteiger charge is 2.44. The van der Waals surface area contributed by atoms with Gasteiger partial charge in [0.2, 0.25) is 0 Å². The topological polar surface area (TPSA) is 34.5 Å². The summed E-state index contributed by atoms with van der Waals surface area (Å²) in [7, 11) is 0. The highest BCUT2D eigenvalue weighted by molar-refractivity contribution is 7.26. The van der Waals surface area contributed by atoms with Gasteiger partial charge in [0.1, 0.15) is 22.3 Å². The maximum absolute atomic E-state index is 6.83. The van der Waals surface area contributed by atoms with Crippen LogP contribution in [0.4, 0.5) is 11.4 Å². The van der Waals surface area contributed by atoms with Crippen LogP contribution in [0.2, 0.25) is 0 Å². The van der Waals surface area contributed by atoms with Crippen molar-refractivity contribution < 1.29 is 8.83 Å². The molecule has 4 nitrogen and oxygen atoms in total. The minimum absolute atomic E-state index is 0.0105. The van der Waals surface area contributed by atoms with Crippen molar-refractivity contribution in [3.05, 3.63) is 151 Å². The fourth-order valence-corrected chi connectivity index (χ4v) is 12.1. The van der Waals surface area contributed by atoms with Gasteiger partial charge in [0.15, 0.2) is 0 Å². The van der Waals surface area contributed by atoms with E-state index in [9.17, 15) is 0 Å². The van der Waals surface area contributed by atoms with E-state index in [1.165, 1.54) is 92.2 Å². The van der Waals surface area contributed by atoms with Gasteiger partial charge in [-0.1, -0.05) is 114 Å². The van der Waals surface area contributed by atoms with E-state index in [4.69, 9.17) is 8.83 Å². The van der Waals surface area contributed by atoms with Crippen molar-refractivity contribution in [3.63, 3.8) is 0 Å². The molecular formula is C56H41BN2O2S. The molecule has 0 unspecified atom stereocenters. The highest BCUT2D eigenvalue weighted by Crippen LogP contribution is 2.49. The number of rotatable bonds is 1. The molecule has 0 aliphatic carbocycles. The number of benzene rings is 8. The molecule has 0 atom stereocenters. The number of anilines is 2. The van der Waals surface area contributed by atoms with Crippen molar-refractivity contribution in [3.8, 4) is 16.8 Å². The molecule has 2 aliphatic heterocycles.